The fraction of sp³-hybridized carbons (Fsp3) is 0.222. The lowest BCUT2D eigenvalue weighted by Gasteiger charge is -2.24. The van der Waals surface area contributed by atoms with Gasteiger partial charge in [-0.15, -0.1) is 0 Å². The molecule has 0 fully saturated rings. The Labute approximate surface area is 139 Å². The number of nitrogens with one attached hydrogen (secondary N) is 1. The molecule has 0 aliphatic carbocycles. The number of hydrogen-bond acceptors (Lipinski definition) is 3. The number of nitrogens with zero attached hydrogens (tertiary/aromatic N) is 2. The van der Waals surface area contributed by atoms with E-state index in [9.17, 15) is 4.79 Å². The van der Waals surface area contributed by atoms with Gasteiger partial charge in [0, 0.05) is 11.6 Å². The summed E-state index contributed by atoms with van der Waals surface area (Å²) in [7, 11) is 2.00. The molecular formula is C18H18ClN3O. The van der Waals surface area contributed by atoms with Crippen molar-refractivity contribution >= 4 is 22.5 Å². The lowest BCUT2D eigenvalue weighted by molar-refractivity contribution is 0.244. The highest BCUT2D eigenvalue weighted by atomic mass is 35.5. The highest BCUT2D eigenvalue weighted by Gasteiger charge is 2.16. The van der Waals surface area contributed by atoms with Gasteiger partial charge < -0.3 is 4.98 Å². The molecule has 1 atom stereocenters. The van der Waals surface area contributed by atoms with E-state index >= 15 is 0 Å². The molecule has 3 aromatic rings. The molecule has 23 heavy (non-hydrogen) atoms. The van der Waals surface area contributed by atoms with Gasteiger partial charge in [0.15, 0.2) is 0 Å². The van der Waals surface area contributed by atoms with Gasteiger partial charge >= 0.3 is 0 Å². The lowest BCUT2D eigenvalue weighted by Crippen LogP contribution is -2.26. The van der Waals surface area contributed by atoms with E-state index in [2.05, 4.69) is 14.9 Å². The number of hydrogen-bond donors (Lipinski definition) is 1. The van der Waals surface area contributed by atoms with E-state index < -0.39 is 0 Å². The summed E-state index contributed by atoms with van der Waals surface area (Å²) in [5, 5.41) is 1.33. The maximum Gasteiger partial charge on any atom is 0.258 e. The van der Waals surface area contributed by atoms with Crippen LogP contribution in [0.2, 0.25) is 5.02 Å². The quantitative estimate of drug-likeness (QED) is 0.793. The summed E-state index contributed by atoms with van der Waals surface area (Å²) in [5.41, 5.74) is 1.73. The van der Waals surface area contributed by atoms with Crippen molar-refractivity contribution in [1.29, 1.82) is 0 Å². The normalized spacial score (nSPS) is 12.7. The van der Waals surface area contributed by atoms with Gasteiger partial charge in [-0.05, 0) is 43.8 Å². The third-order valence-corrected chi connectivity index (χ3v) is 4.24. The van der Waals surface area contributed by atoms with Crippen LogP contribution in [0.5, 0.6) is 0 Å². The topological polar surface area (TPSA) is 49.0 Å². The molecule has 0 spiro atoms. The first kappa shape index (κ1) is 15.7. The van der Waals surface area contributed by atoms with Crippen LogP contribution >= 0.6 is 11.6 Å². The van der Waals surface area contributed by atoms with Crippen LogP contribution in [0, 0.1) is 0 Å². The number of aromatic amines is 1. The van der Waals surface area contributed by atoms with Crippen LogP contribution in [0.4, 0.5) is 0 Å². The molecule has 2 aromatic carbocycles. The van der Waals surface area contributed by atoms with Crippen molar-refractivity contribution in [2.45, 2.75) is 19.5 Å². The van der Waals surface area contributed by atoms with Gasteiger partial charge in [-0.3, -0.25) is 9.69 Å². The second-order valence-corrected chi connectivity index (χ2v) is 6.13. The molecule has 0 aliphatic rings. The van der Waals surface area contributed by atoms with Gasteiger partial charge in [0.2, 0.25) is 0 Å². The molecule has 1 aromatic heterocycles. The summed E-state index contributed by atoms with van der Waals surface area (Å²) in [5.74, 6) is 0.665. The minimum absolute atomic E-state index is 0.0220. The minimum Gasteiger partial charge on any atom is -0.309 e. The predicted octanol–water partition coefficient (Wildman–Crippen LogP) is 3.77. The first-order valence-electron chi connectivity index (χ1n) is 7.48. The first-order chi connectivity index (χ1) is 11.0. The Morgan fingerprint density at radius 2 is 2.00 bits per heavy atom. The van der Waals surface area contributed by atoms with Crippen molar-refractivity contribution in [3.8, 4) is 0 Å². The molecule has 0 saturated heterocycles. The van der Waals surface area contributed by atoms with Gasteiger partial charge in [0.25, 0.3) is 5.56 Å². The van der Waals surface area contributed by atoms with Crippen LogP contribution in [0.3, 0.4) is 0 Å². The van der Waals surface area contributed by atoms with Crippen LogP contribution in [-0.4, -0.2) is 21.9 Å². The molecule has 118 valence electrons. The Balaban J connectivity index is 1.87. The molecule has 0 aliphatic heterocycles. The largest absolute Gasteiger partial charge is 0.309 e. The fourth-order valence-corrected chi connectivity index (χ4v) is 2.78. The highest BCUT2D eigenvalue weighted by molar-refractivity contribution is 6.30. The van der Waals surface area contributed by atoms with Crippen molar-refractivity contribution in [3.63, 3.8) is 0 Å². The zero-order valence-corrected chi connectivity index (χ0v) is 13.8. The molecule has 1 heterocycles. The van der Waals surface area contributed by atoms with E-state index in [4.69, 9.17) is 11.6 Å². The Hall–Kier alpha value is -2.17. The number of rotatable bonds is 4. The van der Waals surface area contributed by atoms with E-state index in [1.54, 1.807) is 6.07 Å². The Kier molecular flexibility index (Phi) is 4.46. The summed E-state index contributed by atoms with van der Waals surface area (Å²) in [4.78, 5) is 21.8. The Morgan fingerprint density at radius 1 is 1.22 bits per heavy atom. The molecule has 4 nitrogen and oxygen atoms in total. The summed E-state index contributed by atoms with van der Waals surface area (Å²) in [6.07, 6.45) is 0. The third-order valence-electron chi connectivity index (χ3n) is 4.01. The number of halogens is 1. The SMILES string of the molecule is C[C@@H](c1nc2ccccc2c(=O)[nH]1)N(C)Cc1cccc(Cl)c1. The lowest BCUT2D eigenvalue weighted by atomic mass is 10.1. The molecular weight excluding hydrogens is 310 g/mol. The summed E-state index contributed by atoms with van der Waals surface area (Å²) in [6, 6.07) is 15.1. The number of para-hydroxylation sites is 1. The predicted molar refractivity (Wildman–Crippen MR) is 93.7 cm³/mol. The Bertz CT molecular complexity index is 891. The van der Waals surface area contributed by atoms with Gasteiger partial charge in [0.1, 0.15) is 5.82 Å². The number of H-pyrrole nitrogens is 1. The fourth-order valence-electron chi connectivity index (χ4n) is 2.57. The summed E-state index contributed by atoms with van der Waals surface area (Å²) >= 11 is 6.03. The zero-order chi connectivity index (χ0) is 16.4. The van der Waals surface area contributed by atoms with Crippen molar-refractivity contribution < 1.29 is 0 Å². The van der Waals surface area contributed by atoms with Crippen molar-refractivity contribution in [2.75, 3.05) is 7.05 Å². The van der Waals surface area contributed by atoms with Gasteiger partial charge in [0.05, 0.1) is 16.9 Å². The molecule has 1 N–H and O–H groups in total. The first-order valence-corrected chi connectivity index (χ1v) is 7.86. The van der Waals surface area contributed by atoms with Crippen molar-refractivity contribution in [2.24, 2.45) is 0 Å². The smallest absolute Gasteiger partial charge is 0.258 e. The second kappa shape index (κ2) is 6.52. The van der Waals surface area contributed by atoms with Crippen LogP contribution in [-0.2, 0) is 6.54 Å². The van der Waals surface area contributed by atoms with Crippen molar-refractivity contribution in [1.82, 2.24) is 14.9 Å². The molecule has 0 amide bonds. The molecule has 0 radical (unpaired) electrons. The minimum atomic E-state index is -0.103. The van der Waals surface area contributed by atoms with Crippen LogP contribution in [0.25, 0.3) is 10.9 Å². The molecule has 0 bridgehead atoms. The monoisotopic (exact) mass is 327 g/mol. The zero-order valence-electron chi connectivity index (χ0n) is 13.1. The van der Waals surface area contributed by atoms with Crippen LogP contribution < -0.4 is 5.56 Å². The molecule has 0 saturated carbocycles. The van der Waals surface area contributed by atoms with Gasteiger partial charge in [-0.25, -0.2) is 4.98 Å². The highest BCUT2D eigenvalue weighted by Crippen LogP contribution is 2.19. The van der Waals surface area contributed by atoms with Gasteiger partial charge in [-0.2, -0.15) is 0 Å². The third kappa shape index (κ3) is 3.44. The standard InChI is InChI=1S/C18H18ClN3O/c1-12(22(2)11-13-6-5-7-14(19)10-13)17-20-16-9-4-3-8-15(16)18(23)21-17/h3-10,12H,11H2,1-2H3,(H,20,21,23)/t12-/m0/s1. The van der Waals surface area contributed by atoms with Crippen LogP contribution in [0.15, 0.2) is 53.3 Å². The number of fused-ring (bicyclic) bond motifs is 1. The second-order valence-electron chi connectivity index (χ2n) is 5.69. The van der Waals surface area contributed by atoms with E-state index in [1.165, 1.54) is 0 Å². The molecule has 0 unspecified atom stereocenters. The average Bonchev–Trinajstić information content (AvgIpc) is 2.54. The Morgan fingerprint density at radius 3 is 2.78 bits per heavy atom. The molecule has 5 heteroatoms. The number of benzene rings is 2. The van der Waals surface area contributed by atoms with E-state index in [1.807, 2.05) is 56.4 Å². The van der Waals surface area contributed by atoms with E-state index in [-0.39, 0.29) is 11.6 Å². The van der Waals surface area contributed by atoms with Crippen LogP contribution in [0.1, 0.15) is 24.4 Å². The maximum absolute atomic E-state index is 12.2. The van der Waals surface area contributed by atoms with E-state index in [0.717, 1.165) is 17.1 Å². The average molecular weight is 328 g/mol. The van der Waals surface area contributed by atoms with Crippen molar-refractivity contribution in [3.05, 3.63) is 75.3 Å². The summed E-state index contributed by atoms with van der Waals surface area (Å²) < 4.78 is 0. The number of aromatic nitrogens is 2. The van der Waals surface area contributed by atoms with Gasteiger partial charge in [-0.1, -0.05) is 35.9 Å². The molecule has 3 rings (SSSR count). The summed E-state index contributed by atoms with van der Waals surface area (Å²) in [6.45, 7) is 2.75. The van der Waals surface area contributed by atoms with E-state index in [0.29, 0.717) is 16.7 Å². The maximum atomic E-state index is 12.2.